The third kappa shape index (κ3) is 5.50. The number of hydrogen-bond donors (Lipinski definition) is 2. The largest absolute Gasteiger partial charge is 0.390 e. The highest BCUT2D eigenvalue weighted by Gasteiger charge is 2.27. The summed E-state index contributed by atoms with van der Waals surface area (Å²) >= 11 is 0. The van der Waals surface area contributed by atoms with E-state index in [4.69, 9.17) is 0 Å². The zero-order valence-electron chi connectivity index (χ0n) is 11.2. The van der Waals surface area contributed by atoms with Gasteiger partial charge in [0.25, 0.3) is 5.91 Å². The quantitative estimate of drug-likeness (QED) is 0.874. The molecule has 0 atom stereocenters. The fourth-order valence-corrected chi connectivity index (χ4v) is 2.04. The topological polar surface area (TPSA) is 71.8 Å². The molecule has 6 nitrogen and oxygen atoms in total. The van der Waals surface area contributed by atoms with Crippen LogP contribution in [0, 0.1) is 0 Å². The minimum absolute atomic E-state index is 0. The van der Waals surface area contributed by atoms with E-state index in [0.29, 0.717) is 0 Å². The molecular formula is C11H17ClF3N5O. The van der Waals surface area contributed by atoms with E-state index in [1.54, 1.807) is 4.68 Å². The molecular weight excluding hydrogens is 311 g/mol. The molecule has 1 fully saturated rings. The average Bonchev–Trinajstić information content (AvgIpc) is 2.88. The summed E-state index contributed by atoms with van der Waals surface area (Å²) in [7, 11) is 0. The Kier molecular flexibility index (Phi) is 6.41. The number of halogens is 4. The molecule has 2 rings (SSSR count). The minimum Gasteiger partial charge on any atom is -0.350 e. The number of amides is 1. The first kappa shape index (κ1) is 17.7. The van der Waals surface area contributed by atoms with Crippen LogP contribution in [-0.2, 0) is 0 Å². The Labute approximate surface area is 125 Å². The van der Waals surface area contributed by atoms with Crippen LogP contribution in [0.2, 0.25) is 0 Å². The number of carbonyl (C=O) groups is 1. The minimum atomic E-state index is -4.28. The molecule has 2 heterocycles. The Morgan fingerprint density at radius 2 is 2.10 bits per heavy atom. The molecule has 0 aliphatic carbocycles. The smallest absolute Gasteiger partial charge is 0.350 e. The van der Waals surface area contributed by atoms with Crippen LogP contribution in [0.1, 0.15) is 35.8 Å². The lowest BCUT2D eigenvalue weighted by Gasteiger charge is -2.22. The normalized spacial score (nSPS) is 16.3. The van der Waals surface area contributed by atoms with Gasteiger partial charge in [-0.25, -0.2) is 4.68 Å². The van der Waals surface area contributed by atoms with Crippen molar-refractivity contribution in [2.45, 2.75) is 31.5 Å². The van der Waals surface area contributed by atoms with E-state index in [2.05, 4.69) is 20.9 Å². The second-order valence-corrected chi connectivity index (χ2v) is 4.69. The number of nitrogens with zero attached hydrogens (tertiary/aromatic N) is 3. The molecule has 0 unspecified atom stereocenters. The van der Waals surface area contributed by atoms with Gasteiger partial charge in [-0.05, 0) is 25.9 Å². The van der Waals surface area contributed by atoms with Gasteiger partial charge in [-0.3, -0.25) is 4.79 Å². The van der Waals surface area contributed by atoms with Crippen molar-refractivity contribution in [2.75, 3.05) is 19.6 Å². The van der Waals surface area contributed by atoms with Gasteiger partial charge < -0.3 is 10.6 Å². The number of rotatable bonds is 4. The van der Waals surface area contributed by atoms with Gasteiger partial charge in [0.15, 0.2) is 5.69 Å². The molecule has 0 aromatic carbocycles. The van der Waals surface area contributed by atoms with Crippen molar-refractivity contribution in [3.8, 4) is 0 Å². The lowest BCUT2D eigenvalue weighted by Crippen LogP contribution is -2.30. The zero-order valence-corrected chi connectivity index (χ0v) is 12.0. The van der Waals surface area contributed by atoms with Crippen molar-refractivity contribution >= 4 is 18.3 Å². The van der Waals surface area contributed by atoms with Crippen LogP contribution in [0.3, 0.4) is 0 Å². The van der Waals surface area contributed by atoms with Crippen molar-refractivity contribution in [1.82, 2.24) is 25.6 Å². The Bertz CT molecular complexity index is 459. The molecule has 1 saturated heterocycles. The summed E-state index contributed by atoms with van der Waals surface area (Å²) in [6.07, 6.45) is -2.07. The summed E-state index contributed by atoms with van der Waals surface area (Å²) in [4.78, 5) is 11.6. The van der Waals surface area contributed by atoms with E-state index in [9.17, 15) is 18.0 Å². The van der Waals surface area contributed by atoms with Gasteiger partial charge in [0.05, 0.1) is 18.7 Å². The van der Waals surface area contributed by atoms with Crippen LogP contribution < -0.4 is 10.6 Å². The van der Waals surface area contributed by atoms with Gasteiger partial charge in [0, 0.05) is 6.54 Å². The maximum atomic E-state index is 12.0. The first-order valence-electron chi connectivity index (χ1n) is 6.43. The number of carbonyl (C=O) groups excluding carboxylic acids is 1. The van der Waals surface area contributed by atoms with Crippen LogP contribution in [0.25, 0.3) is 0 Å². The van der Waals surface area contributed by atoms with E-state index < -0.39 is 25.0 Å². The van der Waals surface area contributed by atoms with E-state index in [0.717, 1.165) is 25.9 Å². The highest BCUT2D eigenvalue weighted by Crippen LogP contribution is 2.18. The van der Waals surface area contributed by atoms with E-state index >= 15 is 0 Å². The van der Waals surface area contributed by atoms with Gasteiger partial charge in [-0.2, -0.15) is 13.2 Å². The third-order valence-corrected chi connectivity index (χ3v) is 3.12. The first-order chi connectivity index (χ1) is 9.46. The summed E-state index contributed by atoms with van der Waals surface area (Å²) in [5.74, 6) is -0.630. The maximum absolute atomic E-state index is 12.0. The fourth-order valence-electron chi connectivity index (χ4n) is 2.04. The van der Waals surface area contributed by atoms with E-state index in [1.165, 1.54) is 6.20 Å². The zero-order chi connectivity index (χ0) is 14.6. The van der Waals surface area contributed by atoms with Gasteiger partial charge in [0.1, 0.15) is 0 Å². The standard InChI is InChI=1S/C11H16F3N5O.ClH/c12-11(13,14)3-6-16-10(20)9-7-19(18-17-9)8-1-4-15-5-2-8;/h7-8,15H,1-6H2,(H,16,20);1H. The highest BCUT2D eigenvalue weighted by atomic mass is 35.5. The summed E-state index contributed by atoms with van der Waals surface area (Å²) in [5, 5.41) is 13.0. The highest BCUT2D eigenvalue weighted by molar-refractivity contribution is 5.91. The van der Waals surface area contributed by atoms with Crippen LogP contribution in [0.5, 0.6) is 0 Å². The number of nitrogens with one attached hydrogen (secondary N) is 2. The van der Waals surface area contributed by atoms with Crippen LogP contribution in [-0.4, -0.2) is 46.7 Å². The van der Waals surface area contributed by atoms with Crippen LogP contribution in [0.15, 0.2) is 6.20 Å². The van der Waals surface area contributed by atoms with Gasteiger partial charge in [-0.1, -0.05) is 5.21 Å². The number of alkyl halides is 3. The summed E-state index contributed by atoms with van der Waals surface area (Å²) in [6.45, 7) is 1.29. The molecule has 1 aromatic rings. The molecule has 1 amide bonds. The van der Waals surface area contributed by atoms with Crippen molar-refractivity contribution in [3.63, 3.8) is 0 Å². The average molecular weight is 328 g/mol. The van der Waals surface area contributed by atoms with Gasteiger partial charge in [-0.15, -0.1) is 17.5 Å². The Morgan fingerprint density at radius 3 is 2.71 bits per heavy atom. The number of aromatic nitrogens is 3. The molecule has 120 valence electrons. The van der Waals surface area contributed by atoms with Crippen molar-refractivity contribution < 1.29 is 18.0 Å². The monoisotopic (exact) mass is 327 g/mol. The second kappa shape index (κ2) is 7.60. The summed E-state index contributed by atoms with van der Waals surface area (Å²) in [6, 6.07) is 0.181. The molecule has 1 aliphatic heterocycles. The Hall–Kier alpha value is -1.35. The molecule has 1 aromatic heterocycles. The molecule has 0 saturated carbocycles. The lowest BCUT2D eigenvalue weighted by molar-refractivity contribution is -0.132. The summed E-state index contributed by atoms with van der Waals surface area (Å²) < 4.78 is 37.5. The lowest BCUT2D eigenvalue weighted by atomic mass is 10.1. The molecule has 10 heteroatoms. The van der Waals surface area contributed by atoms with Crippen LogP contribution >= 0.6 is 12.4 Å². The van der Waals surface area contributed by atoms with E-state index in [-0.39, 0.29) is 24.1 Å². The van der Waals surface area contributed by atoms with Gasteiger partial charge >= 0.3 is 6.18 Å². The van der Waals surface area contributed by atoms with Crippen molar-refractivity contribution in [2.24, 2.45) is 0 Å². The van der Waals surface area contributed by atoms with Gasteiger partial charge in [0.2, 0.25) is 0 Å². The molecule has 21 heavy (non-hydrogen) atoms. The van der Waals surface area contributed by atoms with Crippen molar-refractivity contribution in [1.29, 1.82) is 0 Å². The van der Waals surface area contributed by atoms with Crippen molar-refractivity contribution in [3.05, 3.63) is 11.9 Å². The predicted octanol–water partition coefficient (Wildman–Crippen LogP) is 1.31. The number of piperidine rings is 1. The fraction of sp³-hybridized carbons (Fsp3) is 0.727. The SMILES string of the molecule is Cl.O=C(NCCC(F)(F)F)c1cn(C2CCNCC2)nn1. The summed E-state index contributed by atoms with van der Waals surface area (Å²) in [5.41, 5.74) is 0.0470. The third-order valence-electron chi connectivity index (χ3n) is 3.12. The molecule has 0 radical (unpaired) electrons. The molecule has 1 aliphatic rings. The van der Waals surface area contributed by atoms with Crippen LogP contribution in [0.4, 0.5) is 13.2 Å². The second-order valence-electron chi connectivity index (χ2n) is 4.69. The predicted molar refractivity (Wildman–Crippen MR) is 71.4 cm³/mol. The Balaban J connectivity index is 0.00000220. The Morgan fingerprint density at radius 1 is 1.43 bits per heavy atom. The number of hydrogen-bond acceptors (Lipinski definition) is 4. The van der Waals surface area contributed by atoms with E-state index in [1.807, 2.05) is 0 Å². The maximum Gasteiger partial charge on any atom is 0.390 e. The first-order valence-corrected chi connectivity index (χ1v) is 6.43. The molecule has 2 N–H and O–H groups in total. The molecule has 0 spiro atoms. The molecule has 0 bridgehead atoms.